The molecule has 3 rings (SSSR count). The monoisotopic (exact) mass is 312 g/mol. The minimum absolute atomic E-state index is 0.0669. The van der Waals surface area contributed by atoms with Crippen LogP contribution in [0.4, 0.5) is 4.39 Å². The van der Waals surface area contributed by atoms with Gasteiger partial charge in [0, 0.05) is 22.8 Å². The number of benzene rings is 1. The number of nitrogens with zero attached hydrogens (tertiary/aromatic N) is 2. The minimum atomic E-state index is -1.10. The minimum Gasteiger partial charge on any atom is -0.491 e. The summed E-state index contributed by atoms with van der Waals surface area (Å²) in [6.45, 7) is 1.06. The second-order valence-electron chi connectivity index (χ2n) is 5.36. The van der Waals surface area contributed by atoms with Crippen LogP contribution >= 0.6 is 0 Å². The Labute approximate surface area is 133 Å². The van der Waals surface area contributed by atoms with Crippen LogP contribution in [-0.4, -0.2) is 34.5 Å². The van der Waals surface area contributed by atoms with Gasteiger partial charge in [-0.2, -0.15) is 0 Å². The molecule has 0 fully saturated rings. The van der Waals surface area contributed by atoms with E-state index >= 15 is 0 Å². The molecule has 0 amide bonds. The molecule has 0 bridgehead atoms. The van der Waals surface area contributed by atoms with E-state index in [2.05, 4.69) is 9.97 Å². The number of aliphatic hydroxyl groups is 1. The molecule has 1 unspecified atom stereocenters. The Morgan fingerprint density at radius 3 is 2.78 bits per heavy atom. The molecule has 3 aromatic rings. The van der Waals surface area contributed by atoms with Gasteiger partial charge in [0.2, 0.25) is 0 Å². The molecule has 2 aromatic heterocycles. The van der Waals surface area contributed by atoms with E-state index in [1.807, 2.05) is 43.3 Å². The average Bonchev–Trinajstić information content (AvgIpc) is 2.59. The van der Waals surface area contributed by atoms with Crippen molar-refractivity contribution in [3.63, 3.8) is 0 Å². The molecule has 1 aromatic carbocycles. The maximum atomic E-state index is 12.2. The number of pyridine rings is 2. The van der Waals surface area contributed by atoms with E-state index in [4.69, 9.17) is 4.74 Å². The molecule has 0 aliphatic carbocycles. The van der Waals surface area contributed by atoms with Crippen LogP contribution in [0.15, 0.2) is 48.7 Å². The lowest BCUT2D eigenvalue weighted by Crippen LogP contribution is -2.19. The van der Waals surface area contributed by atoms with E-state index in [-0.39, 0.29) is 6.61 Å². The predicted octanol–water partition coefficient (Wildman–Crippen LogP) is 3.31. The van der Waals surface area contributed by atoms with Crippen molar-refractivity contribution < 1.29 is 14.2 Å². The molecule has 118 valence electrons. The van der Waals surface area contributed by atoms with Gasteiger partial charge in [0.15, 0.2) is 0 Å². The Kier molecular flexibility index (Phi) is 4.48. The van der Waals surface area contributed by atoms with Crippen LogP contribution in [0.2, 0.25) is 0 Å². The van der Waals surface area contributed by atoms with Crippen LogP contribution in [0, 0.1) is 6.92 Å². The van der Waals surface area contributed by atoms with Crippen LogP contribution in [-0.2, 0) is 0 Å². The number of rotatable bonds is 5. The van der Waals surface area contributed by atoms with Gasteiger partial charge < -0.3 is 9.84 Å². The van der Waals surface area contributed by atoms with Crippen molar-refractivity contribution >= 4 is 10.9 Å². The van der Waals surface area contributed by atoms with E-state index in [9.17, 15) is 9.50 Å². The van der Waals surface area contributed by atoms with Crippen molar-refractivity contribution in [3.05, 3.63) is 54.4 Å². The highest BCUT2D eigenvalue weighted by Crippen LogP contribution is 2.24. The molecule has 1 N–H and O–H groups in total. The van der Waals surface area contributed by atoms with Crippen molar-refractivity contribution in [2.24, 2.45) is 0 Å². The maximum Gasteiger partial charge on any atom is 0.120 e. The summed E-state index contributed by atoms with van der Waals surface area (Å²) in [6, 6.07) is 13.3. The molecule has 0 saturated carbocycles. The quantitative estimate of drug-likeness (QED) is 0.785. The fourth-order valence-electron chi connectivity index (χ4n) is 2.21. The van der Waals surface area contributed by atoms with Crippen molar-refractivity contribution in [1.29, 1.82) is 0 Å². The van der Waals surface area contributed by atoms with Gasteiger partial charge in [0.25, 0.3) is 0 Å². The summed E-state index contributed by atoms with van der Waals surface area (Å²) in [4.78, 5) is 8.91. The first-order valence-electron chi connectivity index (χ1n) is 7.36. The summed E-state index contributed by atoms with van der Waals surface area (Å²) in [5.41, 5.74) is 3.61. The van der Waals surface area contributed by atoms with E-state index in [1.165, 1.54) is 0 Å². The van der Waals surface area contributed by atoms with Crippen LogP contribution in [0.25, 0.3) is 22.2 Å². The van der Waals surface area contributed by atoms with Gasteiger partial charge in [-0.1, -0.05) is 6.07 Å². The molecule has 1 atom stereocenters. The Bertz CT molecular complexity index is 806. The van der Waals surface area contributed by atoms with E-state index in [0.717, 1.165) is 27.9 Å². The van der Waals surface area contributed by atoms with Gasteiger partial charge in [-0.05, 0) is 43.3 Å². The highest BCUT2D eigenvalue weighted by atomic mass is 19.1. The molecule has 5 heteroatoms. The fourth-order valence-corrected chi connectivity index (χ4v) is 2.21. The molecule has 4 nitrogen and oxygen atoms in total. The molecular formula is C18H17FN2O2. The Hall–Kier alpha value is -2.53. The normalized spacial score (nSPS) is 12.3. The molecule has 0 radical (unpaired) electrons. The van der Waals surface area contributed by atoms with Gasteiger partial charge in [-0.15, -0.1) is 0 Å². The zero-order valence-corrected chi connectivity index (χ0v) is 12.7. The van der Waals surface area contributed by atoms with Crippen molar-refractivity contribution in [2.45, 2.75) is 13.0 Å². The second-order valence-corrected chi connectivity index (χ2v) is 5.36. The molecule has 0 saturated heterocycles. The zero-order chi connectivity index (χ0) is 16.2. The molecule has 2 heterocycles. The van der Waals surface area contributed by atoms with E-state index < -0.39 is 12.8 Å². The number of halogens is 1. The summed E-state index contributed by atoms with van der Waals surface area (Å²) in [6.07, 6.45) is 0.708. The van der Waals surface area contributed by atoms with Crippen LogP contribution in [0.3, 0.4) is 0 Å². The SMILES string of the molecule is Cc1ccc(-c2ccc3cc(OCC(O)CF)ccc3n2)cn1. The molecule has 23 heavy (non-hydrogen) atoms. The van der Waals surface area contributed by atoms with Crippen molar-refractivity contribution in [3.8, 4) is 17.0 Å². The van der Waals surface area contributed by atoms with Crippen LogP contribution < -0.4 is 4.74 Å². The molecule has 0 aliphatic heterocycles. The first-order chi connectivity index (χ1) is 11.2. The van der Waals surface area contributed by atoms with Crippen LogP contribution in [0.1, 0.15) is 5.69 Å². The lowest BCUT2D eigenvalue weighted by molar-refractivity contribution is 0.0842. The lowest BCUT2D eigenvalue weighted by atomic mass is 10.1. The molecular weight excluding hydrogens is 295 g/mol. The highest BCUT2D eigenvalue weighted by molar-refractivity contribution is 5.82. The average molecular weight is 312 g/mol. The summed E-state index contributed by atoms with van der Waals surface area (Å²) in [7, 11) is 0. The largest absolute Gasteiger partial charge is 0.491 e. The van der Waals surface area contributed by atoms with Crippen LogP contribution in [0.5, 0.6) is 5.75 Å². The summed E-state index contributed by atoms with van der Waals surface area (Å²) >= 11 is 0. The zero-order valence-electron chi connectivity index (χ0n) is 12.7. The predicted molar refractivity (Wildman–Crippen MR) is 87.2 cm³/mol. The summed E-state index contributed by atoms with van der Waals surface area (Å²) < 4.78 is 17.6. The molecule has 0 aliphatic rings. The standard InChI is InChI=1S/C18H17FN2O2/c1-12-2-3-14(10-20-12)18-6-4-13-8-16(5-7-17(13)21-18)23-11-15(22)9-19/h2-8,10,15,22H,9,11H2,1H3. The van der Waals surface area contributed by atoms with E-state index in [1.54, 1.807) is 12.3 Å². The number of fused-ring (bicyclic) bond motifs is 1. The smallest absolute Gasteiger partial charge is 0.120 e. The first-order valence-corrected chi connectivity index (χ1v) is 7.36. The number of hydrogen-bond acceptors (Lipinski definition) is 4. The summed E-state index contributed by atoms with van der Waals surface area (Å²) in [5, 5.41) is 10.1. The Morgan fingerprint density at radius 2 is 2.04 bits per heavy atom. The van der Waals surface area contributed by atoms with Crippen molar-refractivity contribution in [2.75, 3.05) is 13.3 Å². The van der Waals surface area contributed by atoms with Gasteiger partial charge in [0.1, 0.15) is 25.1 Å². The van der Waals surface area contributed by atoms with Gasteiger partial charge in [0.05, 0.1) is 11.2 Å². The van der Waals surface area contributed by atoms with E-state index in [0.29, 0.717) is 5.75 Å². The topological polar surface area (TPSA) is 55.2 Å². The maximum absolute atomic E-state index is 12.2. The number of aromatic nitrogens is 2. The lowest BCUT2D eigenvalue weighted by Gasteiger charge is -2.10. The fraction of sp³-hybridized carbons (Fsp3) is 0.222. The van der Waals surface area contributed by atoms with Gasteiger partial charge in [-0.25, -0.2) is 9.37 Å². The third-order valence-corrected chi connectivity index (χ3v) is 3.49. The number of aliphatic hydroxyl groups excluding tert-OH is 1. The highest BCUT2D eigenvalue weighted by Gasteiger charge is 2.06. The third-order valence-electron chi connectivity index (χ3n) is 3.49. The number of alkyl halides is 1. The number of hydrogen-bond donors (Lipinski definition) is 1. The second kappa shape index (κ2) is 6.71. The Balaban J connectivity index is 1.85. The first kappa shape index (κ1) is 15.4. The van der Waals surface area contributed by atoms with Gasteiger partial charge in [-0.3, -0.25) is 4.98 Å². The molecule has 0 spiro atoms. The third kappa shape index (κ3) is 3.63. The summed E-state index contributed by atoms with van der Waals surface area (Å²) in [5.74, 6) is 0.580. The number of ether oxygens (including phenoxy) is 1. The Morgan fingerprint density at radius 1 is 1.17 bits per heavy atom. The number of aryl methyl sites for hydroxylation is 1. The van der Waals surface area contributed by atoms with Crippen molar-refractivity contribution in [1.82, 2.24) is 9.97 Å². The van der Waals surface area contributed by atoms with Gasteiger partial charge >= 0.3 is 0 Å².